The first kappa shape index (κ1) is 36.1. The number of rotatable bonds is 5. The van der Waals surface area contributed by atoms with E-state index in [-0.39, 0.29) is 0 Å². The summed E-state index contributed by atoms with van der Waals surface area (Å²) in [5.41, 5.74) is 13.3. The summed E-state index contributed by atoms with van der Waals surface area (Å²) in [5.74, 6) is 3.59. The summed E-state index contributed by atoms with van der Waals surface area (Å²) in [6.07, 6.45) is 0. The highest BCUT2D eigenvalue weighted by Crippen LogP contribution is 2.63. The number of para-hydroxylation sites is 5. The highest BCUT2D eigenvalue weighted by atomic mass is 16.5. The maximum atomic E-state index is 7.02. The van der Waals surface area contributed by atoms with Crippen molar-refractivity contribution in [1.82, 2.24) is 19.5 Å². The van der Waals surface area contributed by atoms with Gasteiger partial charge in [0.2, 0.25) is 0 Å². The fourth-order valence-electron chi connectivity index (χ4n) is 10.2. The largest absolute Gasteiger partial charge is 0.457 e. The number of ether oxygens (including phenoxy) is 1. The Morgan fingerprint density at radius 1 is 0.344 bits per heavy atom. The Hall–Kier alpha value is -8.61. The standard InChI is InChI=1S/C58H37N5O/c1-4-18-38(19-5-1)55-59-56(39-20-6-2-7-21-39)61-57(60-55)40-32-34-42(35-33-40)62-49-28-14-10-24-43(49)44-36-54-48(37-52(44)62)58(47-27-13-17-31-53(47)64-54)45-25-11-15-29-50(45)63(41-22-8-3-9-23-41)51-30-16-12-26-46(51)58/h1-37H. The molecule has 300 valence electrons. The Bertz CT molecular complexity index is 3480. The average molecular weight is 820 g/mol. The van der Waals surface area contributed by atoms with Crippen molar-refractivity contribution in [2.75, 3.05) is 4.90 Å². The van der Waals surface area contributed by atoms with Gasteiger partial charge in [0.1, 0.15) is 11.5 Å². The van der Waals surface area contributed by atoms with Crippen molar-refractivity contribution < 1.29 is 4.74 Å². The Balaban J connectivity index is 1.03. The van der Waals surface area contributed by atoms with Gasteiger partial charge in [0.15, 0.2) is 17.5 Å². The number of hydrogen-bond acceptors (Lipinski definition) is 5. The normalized spacial score (nSPS) is 13.2. The van der Waals surface area contributed by atoms with Crippen LogP contribution in [0.2, 0.25) is 0 Å². The molecule has 11 aromatic rings. The van der Waals surface area contributed by atoms with Gasteiger partial charge in [-0.2, -0.15) is 0 Å². The van der Waals surface area contributed by atoms with E-state index >= 15 is 0 Å². The summed E-state index contributed by atoms with van der Waals surface area (Å²) >= 11 is 0. The number of hydrogen-bond donors (Lipinski definition) is 0. The molecule has 0 radical (unpaired) electrons. The summed E-state index contributed by atoms with van der Waals surface area (Å²) in [6, 6.07) is 79.1. The van der Waals surface area contributed by atoms with Crippen molar-refractivity contribution in [2.24, 2.45) is 0 Å². The van der Waals surface area contributed by atoms with Gasteiger partial charge in [0.25, 0.3) is 0 Å². The van der Waals surface area contributed by atoms with E-state index in [4.69, 9.17) is 19.7 Å². The highest BCUT2D eigenvalue weighted by Gasteiger charge is 2.51. The SMILES string of the molecule is c1ccc(-c2nc(-c3ccccc3)nc(-c3ccc(-n4c5ccccc5c5cc6c(cc54)C4(c5ccccc5O6)c5ccccc5N(c5ccccc5)c5ccccc54)cc3)n2)cc1. The molecule has 64 heavy (non-hydrogen) atoms. The molecule has 6 heteroatoms. The Morgan fingerprint density at radius 3 is 1.47 bits per heavy atom. The molecule has 2 aliphatic heterocycles. The smallest absolute Gasteiger partial charge is 0.164 e. The third kappa shape index (κ3) is 5.36. The lowest BCUT2D eigenvalue weighted by molar-refractivity contribution is 0.435. The van der Waals surface area contributed by atoms with Gasteiger partial charge in [-0.25, -0.2) is 15.0 Å². The van der Waals surface area contributed by atoms with Crippen LogP contribution in [-0.2, 0) is 5.41 Å². The van der Waals surface area contributed by atoms with Crippen LogP contribution < -0.4 is 9.64 Å². The predicted octanol–water partition coefficient (Wildman–Crippen LogP) is 14.2. The van der Waals surface area contributed by atoms with Crippen LogP contribution in [-0.4, -0.2) is 19.5 Å². The van der Waals surface area contributed by atoms with Gasteiger partial charge >= 0.3 is 0 Å². The van der Waals surface area contributed by atoms with Gasteiger partial charge in [0, 0.05) is 50.0 Å². The van der Waals surface area contributed by atoms with E-state index in [9.17, 15) is 0 Å². The molecule has 1 spiro atoms. The maximum absolute atomic E-state index is 7.02. The fraction of sp³-hybridized carbons (Fsp3) is 0.0172. The molecule has 0 N–H and O–H groups in total. The minimum atomic E-state index is -0.701. The van der Waals surface area contributed by atoms with E-state index in [2.05, 4.69) is 173 Å². The fourth-order valence-corrected chi connectivity index (χ4v) is 10.2. The molecule has 0 saturated heterocycles. The number of fused-ring (bicyclic) bond motifs is 11. The van der Waals surface area contributed by atoms with E-state index in [1.165, 1.54) is 11.1 Å². The molecular formula is C58H37N5O. The minimum absolute atomic E-state index is 0.618. The molecule has 0 amide bonds. The average Bonchev–Trinajstić information content (AvgIpc) is 3.69. The van der Waals surface area contributed by atoms with E-state index in [0.29, 0.717) is 17.5 Å². The third-order valence-corrected chi connectivity index (χ3v) is 12.9. The Labute approximate surface area is 370 Å². The molecule has 4 heterocycles. The van der Waals surface area contributed by atoms with Crippen LogP contribution in [0.15, 0.2) is 224 Å². The predicted molar refractivity (Wildman–Crippen MR) is 257 cm³/mol. The molecule has 13 rings (SSSR count). The van der Waals surface area contributed by atoms with Gasteiger partial charge in [-0.05, 0) is 83.9 Å². The van der Waals surface area contributed by atoms with E-state index < -0.39 is 5.41 Å². The summed E-state index contributed by atoms with van der Waals surface area (Å²) in [7, 11) is 0. The van der Waals surface area contributed by atoms with Crippen molar-refractivity contribution in [3.8, 4) is 51.3 Å². The van der Waals surface area contributed by atoms with E-state index in [1.807, 2.05) is 60.7 Å². The van der Waals surface area contributed by atoms with Crippen LogP contribution in [0, 0.1) is 0 Å². The first-order valence-corrected chi connectivity index (χ1v) is 21.6. The second-order valence-electron chi connectivity index (χ2n) is 16.4. The number of aromatic nitrogens is 4. The second-order valence-corrected chi connectivity index (χ2v) is 16.4. The third-order valence-electron chi connectivity index (χ3n) is 12.9. The maximum Gasteiger partial charge on any atom is 0.164 e. The van der Waals surface area contributed by atoms with Crippen LogP contribution in [0.1, 0.15) is 22.3 Å². The Kier molecular flexibility index (Phi) is 8.02. The monoisotopic (exact) mass is 819 g/mol. The zero-order valence-electron chi connectivity index (χ0n) is 34.5. The van der Waals surface area contributed by atoms with Crippen molar-refractivity contribution in [3.05, 3.63) is 247 Å². The van der Waals surface area contributed by atoms with Gasteiger partial charge in [-0.3, -0.25) is 0 Å². The summed E-state index contributed by atoms with van der Waals surface area (Å²) in [4.78, 5) is 17.4. The lowest BCUT2D eigenvalue weighted by Crippen LogP contribution is -2.39. The van der Waals surface area contributed by atoms with Crippen LogP contribution >= 0.6 is 0 Å². The zero-order chi connectivity index (χ0) is 42.2. The molecule has 0 aliphatic carbocycles. The quantitative estimate of drug-likeness (QED) is 0.173. The van der Waals surface area contributed by atoms with Crippen LogP contribution in [0.25, 0.3) is 61.7 Å². The van der Waals surface area contributed by atoms with E-state index in [1.54, 1.807) is 0 Å². The first-order valence-electron chi connectivity index (χ1n) is 21.6. The van der Waals surface area contributed by atoms with Gasteiger partial charge in [-0.1, -0.05) is 152 Å². The first-order chi connectivity index (χ1) is 31.7. The molecule has 2 aromatic heterocycles. The molecule has 0 bridgehead atoms. The number of benzene rings is 9. The van der Waals surface area contributed by atoms with Crippen LogP contribution in [0.3, 0.4) is 0 Å². The van der Waals surface area contributed by atoms with Gasteiger partial charge in [-0.15, -0.1) is 0 Å². The lowest BCUT2D eigenvalue weighted by atomic mass is 9.61. The summed E-state index contributed by atoms with van der Waals surface area (Å²) in [6.45, 7) is 0. The molecule has 0 atom stereocenters. The molecule has 2 aliphatic rings. The molecule has 0 saturated carbocycles. The summed E-state index contributed by atoms with van der Waals surface area (Å²) in [5, 5.41) is 2.27. The lowest BCUT2D eigenvalue weighted by Gasteiger charge is -2.48. The number of nitrogens with zero attached hydrogens (tertiary/aromatic N) is 5. The topological polar surface area (TPSA) is 56.1 Å². The van der Waals surface area contributed by atoms with Gasteiger partial charge in [0.05, 0.1) is 27.8 Å². The molecule has 0 fully saturated rings. The minimum Gasteiger partial charge on any atom is -0.457 e. The Morgan fingerprint density at radius 2 is 0.844 bits per heavy atom. The van der Waals surface area contributed by atoms with Crippen molar-refractivity contribution in [3.63, 3.8) is 0 Å². The van der Waals surface area contributed by atoms with Crippen LogP contribution in [0.4, 0.5) is 17.1 Å². The molecular weight excluding hydrogens is 783 g/mol. The van der Waals surface area contributed by atoms with Crippen molar-refractivity contribution in [2.45, 2.75) is 5.41 Å². The summed E-state index contributed by atoms with van der Waals surface area (Å²) < 4.78 is 9.41. The highest BCUT2D eigenvalue weighted by molar-refractivity contribution is 6.10. The van der Waals surface area contributed by atoms with Crippen molar-refractivity contribution in [1.29, 1.82) is 0 Å². The number of anilines is 3. The van der Waals surface area contributed by atoms with E-state index in [0.717, 1.165) is 83.9 Å². The molecule has 6 nitrogen and oxygen atoms in total. The molecule has 9 aromatic carbocycles. The second kappa shape index (κ2) is 14.2. The van der Waals surface area contributed by atoms with Gasteiger partial charge < -0.3 is 14.2 Å². The zero-order valence-corrected chi connectivity index (χ0v) is 34.5. The van der Waals surface area contributed by atoms with Crippen molar-refractivity contribution >= 4 is 38.9 Å². The van der Waals surface area contributed by atoms with Crippen LogP contribution in [0.5, 0.6) is 11.5 Å². The molecule has 0 unspecified atom stereocenters.